The van der Waals surface area contributed by atoms with E-state index >= 15 is 0 Å². The van der Waals surface area contributed by atoms with Gasteiger partial charge in [-0.25, -0.2) is 5.01 Å². The molecule has 2 N–H and O–H groups in total. The number of allylic oxidation sites excluding steroid dienone is 1. The van der Waals surface area contributed by atoms with E-state index in [0.29, 0.717) is 41.8 Å². The molecule has 0 unspecified atom stereocenters. The Labute approximate surface area is 157 Å². The highest BCUT2D eigenvalue weighted by molar-refractivity contribution is 6.20. The van der Waals surface area contributed by atoms with E-state index in [4.69, 9.17) is 5.73 Å². The predicted octanol–water partition coefficient (Wildman–Crippen LogP) is 1.39. The number of amides is 1. The molecule has 0 saturated carbocycles. The average Bonchev–Trinajstić information content (AvgIpc) is 2.85. The first kappa shape index (κ1) is 17.3. The molecule has 7 heteroatoms. The third kappa shape index (κ3) is 1.93. The summed E-state index contributed by atoms with van der Waals surface area (Å²) in [6.07, 6.45) is 1.68. The van der Waals surface area contributed by atoms with Gasteiger partial charge in [0.2, 0.25) is 5.91 Å². The Morgan fingerprint density at radius 3 is 2.59 bits per heavy atom. The molecule has 0 aromatic heterocycles. The zero-order valence-electron chi connectivity index (χ0n) is 15.6. The van der Waals surface area contributed by atoms with E-state index in [2.05, 4.69) is 6.07 Å². The predicted molar refractivity (Wildman–Crippen MR) is 99.8 cm³/mol. The van der Waals surface area contributed by atoms with Gasteiger partial charge in [-0.15, -0.1) is 0 Å². The molecule has 4 rings (SSSR count). The quantitative estimate of drug-likeness (QED) is 0.810. The largest absolute Gasteiger partial charge is 0.383 e. The molecule has 1 aromatic rings. The van der Waals surface area contributed by atoms with Gasteiger partial charge in [0.05, 0.1) is 5.57 Å². The molecule has 0 radical (unpaired) electrons. The second-order valence-electron chi connectivity index (χ2n) is 7.26. The van der Waals surface area contributed by atoms with Crippen LogP contribution in [0.3, 0.4) is 0 Å². The fraction of sp³-hybridized carbons (Fsp3) is 0.350. The van der Waals surface area contributed by atoms with Crippen molar-refractivity contribution >= 4 is 17.4 Å². The number of hydrogen-bond acceptors (Lipinski definition) is 6. The van der Waals surface area contributed by atoms with Gasteiger partial charge in [-0.1, -0.05) is 18.2 Å². The maximum atomic E-state index is 13.6. The van der Waals surface area contributed by atoms with Crippen molar-refractivity contribution in [2.75, 3.05) is 26.0 Å². The summed E-state index contributed by atoms with van der Waals surface area (Å²) in [4.78, 5) is 28.3. The summed E-state index contributed by atoms with van der Waals surface area (Å²) in [5.74, 6) is -0.194. The SMILES string of the molecule is CN1C(=O)[C@@]2(C(C#N)=C(N)N(N(C)C)C3=C2C(=O)CCC3)c2ccccc21. The van der Waals surface area contributed by atoms with E-state index in [1.807, 2.05) is 24.3 Å². The molecule has 138 valence electrons. The molecular weight excluding hydrogens is 342 g/mol. The second-order valence-corrected chi connectivity index (χ2v) is 7.26. The standard InChI is InChI=1S/C20H21N5O2/c1-23(2)25-15-9-6-10-16(26)17(15)20(13(11-21)18(25)22)12-7-4-5-8-14(12)24(3)19(20)27/h4-5,7-8H,6,9-10,22H2,1-3H3/t20-/m1/s1. The van der Waals surface area contributed by atoms with Crippen molar-refractivity contribution in [3.05, 3.63) is 52.5 Å². The van der Waals surface area contributed by atoms with Crippen molar-refractivity contribution in [1.82, 2.24) is 10.0 Å². The van der Waals surface area contributed by atoms with Crippen molar-refractivity contribution in [1.29, 1.82) is 5.26 Å². The summed E-state index contributed by atoms with van der Waals surface area (Å²) in [6, 6.07) is 9.48. The minimum atomic E-state index is -1.45. The molecule has 1 aliphatic carbocycles. The number of Topliss-reactive ketones (excluding diaryl/α,β-unsaturated/α-hetero) is 1. The van der Waals surface area contributed by atoms with Crippen LogP contribution in [-0.2, 0) is 15.0 Å². The van der Waals surface area contributed by atoms with Gasteiger partial charge in [0.25, 0.3) is 0 Å². The number of benzene rings is 1. The maximum absolute atomic E-state index is 13.6. The highest BCUT2D eigenvalue weighted by Gasteiger charge is 2.61. The molecule has 1 aromatic carbocycles. The molecule has 2 heterocycles. The van der Waals surface area contributed by atoms with Crippen LogP contribution in [0.1, 0.15) is 24.8 Å². The van der Waals surface area contributed by atoms with Crippen LogP contribution in [0.25, 0.3) is 0 Å². The maximum Gasteiger partial charge on any atom is 0.247 e. The molecule has 0 bridgehead atoms. The molecular formula is C20H21N5O2. The van der Waals surface area contributed by atoms with Crippen LogP contribution in [0.15, 0.2) is 46.9 Å². The normalized spacial score (nSPS) is 24.7. The van der Waals surface area contributed by atoms with Gasteiger partial charge in [-0.2, -0.15) is 5.26 Å². The molecule has 7 nitrogen and oxygen atoms in total. The fourth-order valence-electron chi connectivity index (χ4n) is 4.67. The number of nitrogens with two attached hydrogens (primary N) is 1. The minimum Gasteiger partial charge on any atom is -0.383 e. The van der Waals surface area contributed by atoms with E-state index < -0.39 is 5.41 Å². The van der Waals surface area contributed by atoms with Crippen molar-refractivity contribution in [3.63, 3.8) is 0 Å². The Hall–Kier alpha value is -3.11. The number of nitriles is 1. The second kappa shape index (κ2) is 5.69. The Morgan fingerprint density at radius 2 is 1.93 bits per heavy atom. The molecule has 1 atom stereocenters. The van der Waals surface area contributed by atoms with Gasteiger partial charge in [0.15, 0.2) is 5.78 Å². The third-order valence-corrected chi connectivity index (χ3v) is 5.68. The first-order valence-corrected chi connectivity index (χ1v) is 8.89. The molecule has 2 aliphatic heterocycles. The fourth-order valence-corrected chi connectivity index (χ4v) is 4.67. The average molecular weight is 363 g/mol. The van der Waals surface area contributed by atoms with E-state index in [9.17, 15) is 14.9 Å². The summed E-state index contributed by atoms with van der Waals surface area (Å²) < 4.78 is 0. The van der Waals surface area contributed by atoms with E-state index in [1.54, 1.807) is 31.2 Å². The lowest BCUT2D eigenvalue weighted by atomic mass is 9.64. The monoisotopic (exact) mass is 363 g/mol. The summed E-state index contributed by atoms with van der Waals surface area (Å²) in [7, 11) is 5.28. The number of fused-ring (bicyclic) bond motifs is 3. The summed E-state index contributed by atoms with van der Waals surface area (Å²) in [5.41, 5.74) is 7.56. The Morgan fingerprint density at radius 1 is 1.22 bits per heavy atom. The number of carbonyl (C=O) groups excluding carboxylic acids is 2. The lowest BCUT2D eigenvalue weighted by molar-refractivity contribution is -0.124. The third-order valence-electron chi connectivity index (χ3n) is 5.68. The van der Waals surface area contributed by atoms with Gasteiger partial charge in [-0.3, -0.25) is 14.6 Å². The number of hydrazine groups is 1. The van der Waals surface area contributed by atoms with Crippen LogP contribution in [0.2, 0.25) is 0 Å². The topological polar surface area (TPSA) is 93.7 Å². The van der Waals surface area contributed by atoms with E-state index in [0.717, 1.165) is 0 Å². The smallest absolute Gasteiger partial charge is 0.247 e. The van der Waals surface area contributed by atoms with Gasteiger partial charge < -0.3 is 10.6 Å². The van der Waals surface area contributed by atoms with Crippen LogP contribution >= 0.6 is 0 Å². The highest BCUT2D eigenvalue weighted by atomic mass is 16.2. The molecule has 0 fully saturated rings. The van der Waals surface area contributed by atoms with E-state index in [1.165, 1.54) is 4.90 Å². The van der Waals surface area contributed by atoms with Crippen LogP contribution < -0.4 is 10.6 Å². The number of ketones is 1. The lowest BCUT2D eigenvalue weighted by Crippen LogP contribution is -2.54. The number of carbonyl (C=O) groups is 2. The van der Waals surface area contributed by atoms with Crippen LogP contribution in [0.4, 0.5) is 5.69 Å². The summed E-state index contributed by atoms with van der Waals surface area (Å²) >= 11 is 0. The van der Waals surface area contributed by atoms with Gasteiger partial charge in [0.1, 0.15) is 17.3 Å². The van der Waals surface area contributed by atoms with Gasteiger partial charge in [-0.05, 0) is 18.9 Å². The number of hydrogen-bond donors (Lipinski definition) is 1. The number of likely N-dealkylation sites (N-methyl/N-ethyl adjacent to an activating group) is 1. The molecule has 1 spiro atoms. The van der Waals surface area contributed by atoms with Crippen molar-refractivity contribution in [2.24, 2.45) is 5.73 Å². The molecule has 1 amide bonds. The summed E-state index contributed by atoms with van der Waals surface area (Å²) in [5, 5.41) is 13.5. The number of para-hydroxylation sites is 1. The van der Waals surface area contributed by atoms with Crippen LogP contribution in [0.5, 0.6) is 0 Å². The zero-order chi connectivity index (χ0) is 19.5. The van der Waals surface area contributed by atoms with Crippen molar-refractivity contribution in [3.8, 4) is 6.07 Å². The first-order valence-electron chi connectivity index (χ1n) is 8.89. The van der Waals surface area contributed by atoms with Gasteiger partial charge >= 0.3 is 0 Å². The Kier molecular flexibility index (Phi) is 3.65. The molecule has 27 heavy (non-hydrogen) atoms. The molecule has 0 saturated heterocycles. The van der Waals surface area contributed by atoms with E-state index in [-0.39, 0.29) is 23.1 Å². The Balaban J connectivity index is 2.17. The Bertz CT molecular complexity index is 984. The zero-order valence-corrected chi connectivity index (χ0v) is 15.6. The minimum absolute atomic E-state index is 0.0956. The number of anilines is 1. The molecule has 3 aliphatic rings. The number of rotatable bonds is 1. The van der Waals surface area contributed by atoms with Gasteiger partial charge in [0, 0.05) is 50.1 Å². The van der Waals surface area contributed by atoms with Crippen LogP contribution in [0, 0.1) is 11.3 Å². The van der Waals surface area contributed by atoms with Crippen molar-refractivity contribution in [2.45, 2.75) is 24.7 Å². The first-order chi connectivity index (χ1) is 12.9. The lowest BCUT2D eigenvalue weighted by Gasteiger charge is -2.45. The van der Waals surface area contributed by atoms with Crippen LogP contribution in [-0.4, -0.2) is 42.9 Å². The number of nitrogens with zero attached hydrogens (tertiary/aromatic N) is 4. The summed E-state index contributed by atoms with van der Waals surface area (Å²) in [6.45, 7) is 0. The van der Waals surface area contributed by atoms with Crippen molar-refractivity contribution < 1.29 is 9.59 Å². The highest BCUT2D eigenvalue weighted by Crippen LogP contribution is 2.55.